The first-order valence-electron chi connectivity index (χ1n) is 11.5. The lowest BCUT2D eigenvalue weighted by atomic mass is 9.76. The van der Waals surface area contributed by atoms with Gasteiger partial charge in [-0.25, -0.2) is 0 Å². The first kappa shape index (κ1) is 24.5. The predicted molar refractivity (Wildman–Crippen MR) is 130 cm³/mol. The molecule has 1 fully saturated rings. The molecule has 1 heterocycles. The van der Waals surface area contributed by atoms with Crippen LogP contribution in [-0.2, 0) is 16.1 Å². The second-order valence-electron chi connectivity index (χ2n) is 9.84. The van der Waals surface area contributed by atoms with Gasteiger partial charge >= 0.3 is 0 Å². The van der Waals surface area contributed by atoms with E-state index in [2.05, 4.69) is 60.6 Å². The third-order valence-electron chi connectivity index (χ3n) is 6.48. The Labute approximate surface area is 197 Å². The Kier molecular flexibility index (Phi) is 7.79. The summed E-state index contributed by atoms with van der Waals surface area (Å²) in [5.41, 5.74) is 2.26. The van der Waals surface area contributed by atoms with Crippen molar-refractivity contribution in [3.63, 3.8) is 0 Å². The summed E-state index contributed by atoms with van der Waals surface area (Å²) in [6, 6.07) is 8.26. The van der Waals surface area contributed by atoms with E-state index in [1.165, 1.54) is 24.8 Å². The van der Waals surface area contributed by atoms with Crippen molar-refractivity contribution < 1.29 is 9.53 Å². The number of carbonyl (C=O) groups excluding carboxylic acids is 1. The van der Waals surface area contributed by atoms with Crippen molar-refractivity contribution in [2.75, 3.05) is 13.7 Å². The third kappa shape index (κ3) is 6.21. The number of aryl methyl sites for hydroxylation is 1. The molecule has 1 saturated carbocycles. The van der Waals surface area contributed by atoms with Gasteiger partial charge in [0.25, 0.3) is 5.91 Å². The first-order valence-corrected chi connectivity index (χ1v) is 11.9. The smallest absolute Gasteiger partial charge is 0.270 e. The van der Waals surface area contributed by atoms with Crippen LogP contribution in [0.4, 0.5) is 0 Å². The molecule has 0 bridgehead atoms. The summed E-state index contributed by atoms with van der Waals surface area (Å²) in [7, 11) is 1.62. The van der Waals surface area contributed by atoms with E-state index in [9.17, 15) is 4.79 Å². The van der Waals surface area contributed by atoms with Gasteiger partial charge in [-0.3, -0.25) is 4.79 Å². The first-order chi connectivity index (χ1) is 15.1. The highest BCUT2D eigenvalue weighted by Gasteiger charge is 2.35. The van der Waals surface area contributed by atoms with E-state index < -0.39 is 11.2 Å². The molecule has 2 N–H and O–H groups in total. The lowest BCUT2D eigenvalue weighted by molar-refractivity contribution is -0.119. The van der Waals surface area contributed by atoms with Gasteiger partial charge in [0.15, 0.2) is 5.62 Å². The number of hydrogen-bond donors (Lipinski definition) is 2. The number of halogens is 1. The van der Waals surface area contributed by atoms with Gasteiger partial charge in [0.05, 0.1) is 0 Å². The van der Waals surface area contributed by atoms with E-state index in [1.54, 1.807) is 7.11 Å². The summed E-state index contributed by atoms with van der Waals surface area (Å²) in [4.78, 5) is 15.3. The molecule has 1 aromatic carbocycles. The van der Waals surface area contributed by atoms with Gasteiger partial charge in [-0.15, -0.1) is 0 Å². The fourth-order valence-electron chi connectivity index (χ4n) is 4.13. The number of alkyl halides is 1. The average molecular weight is 458 g/mol. The number of ether oxygens (including phenoxy) is 1. The Morgan fingerprint density at radius 3 is 2.56 bits per heavy atom. The summed E-state index contributed by atoms with van der Waals surface area (Å²) in [5.74, 6) is 6.08. The van der Waals surface area contributed by atoms with Crippen molar-refractivity contribution >= 4 is 17.5 Å². The Hall–Kier alpha value is -2.16. The molecule has 1 aromatic rings. The molecule has 174 valence electrons. The molecule has 2 aliphatic rings. The van der Waals surface area contributed by atoms with Crippen LogP contribution in [0, 0.1) is 24.2 Å². The molecule has 1 unspecified atom stereocenters. The molecule has 1 amide bonds. The molecule has 0 spiro atoms. The molecule has 0 saturated heterocycles. The molecule has 0 radical (unpaired) electrons. The SMILES string of the molecule is COC(C)(C)C#CC1=C(C(=O)NCC2(C)CCCCC2)N(Cc2ccc(C)cc2)C(Cl)N1. The number of carbonyl (C=O) groups is 1. The monoisotopic (exact) mass is 457 g/mol. The maximum atomic E-state index is 13.4. The van der Waals surface area contributed by atoms with Crippen LogP contribution in [0.1, 0.15) is 64.0 Å². The minimum absolute atomic E-state index is 0.140. The molecular formula is C26H36ClN3O2. The maximum Gasteiger partial charge on any atom is 0.270 e. The Morgan fingerprint density at radius 2 is 1.94 bits per heavy atom. The summed E-state index contributed by atoms with van der Waals surface area (Å²) in [6.07, 6.45) is 6.02. The zero-order valence-electron chi connectivity index (χ0n) is 20.0. The number of hydrogen-bond acceptors (Lipinski definition) is 4. The van der Waals surface area contributed by atoms with Gasteiger partial charge in [0.1, 0.15) is 17.0 Å². The van der Waals surface area contributed by atoms with Crippen LogP contribution in [0.3, 0.4) is 0 Å². The molecule has 1 aliphatic carbocycles. The van der Waals surface area contributed by atoms with Crippen LogP contribution in [0.25, 0.3) is 0 Å². The van der Waals surface area contributed by atoms with Gasteiger partial charge in [0, 0.05) is 20.2 Å². The number of amides is 1. The normalized spacial score (nSPS) is 20.4. The quantitative estimate of drug-likeness (QED) is 0.371. The number of benzene rings is 1. The fraction of sp³-hybridized carbons (Fsp3) is 0.577. The summed E-state index contributed by atoms with van der Waals surface area (Å²) < 4.78 is 5.42. The van der Waals surface area contributed by atoms with Crippen LogP contribution in [0.2, 0.25) is 0 Å². The van der Waals surface area contributed by atoms with Gasteiger partial charge < -0.3 is 20.3 Å². The highest BCUT2D eigenvalue weighted by molar-refractivity contribution is 6.21. The molecular weight excluding hydrogens is 422 g/mol. The molecule has 1 atom stereocenters. The van der Waals surface area contributed by atoms with E-state index in [4.69, 9.17) is 16.3 Å². The van der Waals surface area contributed by atoms with Gasteiger partial charge in [-0.1, -0.05) is 73.5 Å². The molecule has 1 aliphatic heterocycles. The molecule has 3 rings (SSSR count). The molecule has 0 aromatic heterocycles. The average Bonchev–Trinajstić information content (AvgIpc) is 3.08. The van der Waals surface area contributed by atoms with Crippen LogP contribution < -0.4 is 10.6 Å². The number of methoxy groups -OCH3 is 1. The minimum Gasteiger partial charge on any atom is -0.366 e. The van der Waals surface area contributed by atoms with E-state index in [-0.39, 0.29) is 11.3 Å². The van der Waals surface area contributed by atoms with Gasteiger partial charge in [-0.2, -0.15) is 0 Å². The lowest BCUT2D eigenvalue weighted by Crippen LogP contribution is -2.41. The largest absolute Gasteiger partial charge is 0.366 e. The Bertz CT molecular complexity index is 905. The molecule has 6 heteroatoms. The molecule has 5 nitrogen and oxygen atoms in total. The summed E-state index contributed by atoms with van der Waals surface area (Å²) in [6.45, 7) is 9.28. The van der Waals surface area contributed by atoms with Crippen LogP contribution in [0.5, 0.6) is 0 Å². The van der Waals surface area contributed by atoms with E-state index in [0.717, 1.165) is 18.4 Å². The number of allylic oxidation sites excluding steroid dienone is 1. The van der Waals surface area contributed by atoms with E-state index in [0.29, 0.717) is 24.5 Å². The molecule has 32 heavy (non-hydrogen) atoms. The maximum absolute atomic E-state index is 13.4. The van der Waals surface area contributed by atoms with Crippen LogP contribution in [0.15, 0.2) is 35.7 Å². The lowest BCUT2D eigenvalue weighted by Gasteiger charge is -2.34. The second-order valence-corrected chi connectivity index (χ2v) is 10.2. The van der Waals surface area contributed by atoms with Crippen molar-refractivity contribution in [1.82, 2.24) is 15.5 Å². The summed E-state index contributed by atoms with van der Waals surface area (Å²) in [5, 5.41) is 6.38. The van der Waals surface area contributed by atoms with Crippen molar-refractivity contribution in [3.05, 3.63) is 46.8 Å². The van der Waals surface area contributed by atoms with Crippen molar-refractivity contribution in [2.45, 2.75) is 77.6 Å². The third-order valence-corrected chi connectivity index (χ3v) is 6.83. The topological polar surface area (TPSA) is 53.6 Å². The summed E-state index contributed by atoms with van der Waals surface area (Å²) >= 11 is 6.65. The predicted octanol–water partition coefficient (Wildman–Crippen LogP) is 4.65. The van der Waals surface area contributed by atoms with Crippen molar-refractivity contribution in [2.24, 2.45) is 5.41 Å². The number of nitrogens with one attached hydrogen (secondary N) is 2. The van der Waals surface area contributed by atoms with Crippen molar-refractivity contribution in [1.29, 1.82) is 0 Å². The number of nitrogens with zero attached hydrogens (tertiary/aromatic N) is 1. The highest BCUT2D eigenvalue weighted by atomic mass is 35.5. The van der Waals surface area contributed by atoms with Crippen LogP contribution in [-0.4, -0.2) is 35.7 Å². The van der Waals surface area contributed by atoms with Gasteiger partial charge in [0.2, 0.25) is 0 Å². The Morgan fingerprint density at radius 1 is 1.28 bits per heavy atom. The van der Waals surface area contributed by atoms with E-state index in [1.807, 2.05) is 18.7 Å². The number of rotatable bonds is 6. The van der Waals surface area contributed by atoms with Gasteiger partial charge in [-0.05, 0) is 50.5 Å². The Balaban J connectivity index is 1.87. The highest BCUT2D eigenvalue weighted by Crippen LogP contribution is 2.35. The van der Waals surface area contributed by atoms with Crippen LogP contribution >= 0.6 is 11.6 Å². The minimum atomic E-state index is -0.627. The second kappa shape index (κ2) is 10.2. The standard InChI is InChI=1S/C26H36ClN3O2/c1-19-9-11-20(12-10-19)17-30-22(21(29-24(30)27)13-16-25(2,3)32-5)23(31)28-18-26(4)14-7-6-8-15-26/h9-12,24,29H,6-8,14-15,17-18H2,1-5H3,(H,28,31). The van der Waals surface area contributed by atoms with Crippen molar-refractivity contribution in [3.8, 4) is 11.8 Å². The zero-order chi connectivity index (χ0) is 23.4. The fourth-order valence-corrected chi connectivity index (χ4v) is 4.41. The van der Waals surface area contributed by atoms with E-state index >= 15 is 0 Å². The zero-order valence-corrected chi connectivity index (χ0v) is 20.7.